The number of halogens is 2. The monoisotopic (exact) mass is 701 g/mol. The standard InChI is InChI=1S/C41H49.2ClH.Zr/c1-38(2,3)30-17-13-26(14-18-30)34-22-28-21-29-23-35(27-15-19-31(20-16-27)39(4,5)6)37(41(10,11)12)25-33(29)32(28)24-36(34)40(7,8)9;;;/h13-20,22,24-25H,21H2,1-12H3;2*1H;/q-1;;;+3/p-2. The van der Waals surface area contributed by atoms with Gasteiger partial charge >= 0.3 is 26.2 Å². The molecule has 0 heterocycles. The van der Waals surface area contributed by atoms with Crippen molar-refractivity contribution in [2.24, 2.45) is 0 Å². The van der Waals surface area contributed by atoms with E-state index < -0.39 is 0 Å². The smallest absolute Gasteiger partial charge is 1.00 e. The molecule has 0 unspecified atom stereocenters. The van der Waals surface area contributed by atoms with E-state index in [0.717, 1.165) is 6.42 Å². The van der Waals surface area contributed by atoms with Crippen LogP contribution < -0.4 is 24.8 Å². The van der Waals surface area contributed by atoms with Crippen molar-refractivity contribution in [3.8, 4) is 33.4 Å². The van der Waals surface area contributed by atoms with E-state index in [4.69, 9.17) is 0 Å². The molecule has 0 nitrogen and oxygen atoms in total. The first-order chi connectivity index (χ1) is 18.8. The molecule has 4 aromatic carbocycles. The van der Waals surface area contributed by atoms with Crippen LogP contribution in [0.3, 0.4) is 0 Å². The first-order valence-electron chi connectivity index (χ1n) is 15.3. The molecule has 0 fully saturated rings. The topological polar surface area (TPSA) is 0 Å². The Morgan fingerprint density at radius 2 is 0.909 bits per heavy atom. The Hall–Kier alpha value is -1.66. The summed E-state index contributed by atoms with van der Waals surface area (Å²) in [5, 5.41) is 0. The average molecular weight is 704 g/mol. The van der Waals surface area contributed by atoms with E-state index in [1.807, 2.05) is 0 Å². The fourth-order valence-corrected chi connectivity index (χ4v) is 6.17. The van der Waals surface area contributed by atoms with Gasteiger partial charge in [-0.1, -0.05) is 160 Å². The minimum Gasteiger partial charge on any atom is -1.00 e. The van der Waals surface area contributed by atoms with Crippen molar-refractivity contribution in [3.63, 3.8) is 0 Å². The number of fused-ring (bicyclic) bond motifs is 3. The van der Waals surface area contributed by atoms with Gasteiger partial charge in [0.25, 0.3) is 0 Å². The Bertz CT molecular complexity index is 1480. The Balaban J connectivity index is 0.00000225. The second-order valence-electron chi connectivity index (χ2n) is 16.3. The second-order valence-corrected chi connectivity index (χ2v) is 16.3. The van der Waals surface area contributed by atoms with Crippen LogP contribution in [-0.4, -0.2) is 0 Å². The van der Waals surface area contributed by atoms with Crippen molar-refractivity contribution in [2.75, 3.05) is 0 Å². The van der Waals surface area contributed by atoms with Gasteiger partial charge in [-0.2, -0.15) is 0 Å². The zero-order valence-corrected chi connectivity index (χ0v) is 32.8. The molecule has 0 amide bonds. The average Bonchev–Trinajstić information content (AvgIpc) is 3.22. The van der Waals surface area contributed by atoms with Gasteiger partial charge in [0.15, 0.2) is 0 Å². The Morgan fingerprint density at radius 1 is 0.477 bits per heavy atom. The molecule has 1 aliphatic rings. The molecule has 4 aromatic rings. The molecule has 0 aliphatic heterocycles. The van der Waals surface area contributed by atoms with Gasteiger partial charge in [0, 0.05) is 0 Å². The summed E-state index contributed by atoms with van der Waals surface area (Å²) in [4.78, 5) is 0. The molecule has 5 rings (SSSR count). The van der Waals surface area contributed by atoms with Crippen LogP contribution in [0.15, 0.2) is 66.7 Å². The molecule has 0 aromatic heterocycles. The molecule has 0 spiro atoms. The number of hydrogen-bond acceptors (Lipinski definition) is 0. The molecule has 0 saturated carbocycles. The Labute approximate surface area is 299 Å². The first-order valence-corrected chi connectivity index (χ1v) is 15.3. The molecule has 231 valence electrons. The summed E-state index contributed by atoms with van der Waals surface area (Å²) in [6.07, 6.45) is 0.930. The number of rotatable bonds is 2. The zero-order valence-electron chi connectivity index (χ0n) is 28.8. The molecule has 0 N–H and O–H groups in total. The van der Waals surface area contributed by atoms with Crippen molar-refractivity contribution < 1.29 is 51.0 Å². The van der Waals surface area contributed by atoms with Gasteiger partial charge in [-0.3, -0.25) is 0 Å². The fourth-order valence-electron chi connectivity index (χ4n) is 6.17. The van der Waals surface area contributed by atoms with Crippen molar-refractivity contribution in [2.45, 2.75) is 111 Å². The van der Waals surface area contributed by atoms with Gasteiger partial charge in [-0.15, -0.1) is 28.8 Å². The molecule has 1 aliphatic carbocycles. The molecule has 44 heavy (non-hydrogen) atoms. The quantitative estimate of drug-likeness (QED) is 0.211. The van der Waals surface area contributed by atoms with E-state index in [1.54, 1.807) is 0 Å². The maximum Gasteiger partial charge on any atom is 3.00 e. The van der Waals surface area contributed by atoms with Gasteiger partial charge in [-0.05, 0) is 61.5 Å². The van der Waals surface area contributed by atoms with Crippen molar-refractivity contribution >= 4 is 0 Å². The van der Waals surface area contributed by atoms with Gasteiger partial charge in [0.1, 0.15) is 0 Å². The third-order valence-electron chi connectivity index (χ3n) is 8.78. The maximum atomic E-state index is 3.96. The normalized spacial score (nSPS) is 12.8. The van der Waals surface area contributed by atoms with Gasteiger partial charge in [0.2, 0.25) is 0 Å². The largest absolute Gasteiger partial charge is 3.00 e. The Kier molecular flexibility index (Phi) is 11.6. The van der Waals surface area contributed by atoms with E-state index >= 15 is 0 Å². The van der Waals surface area contributed by atoms with E-state index in [0.29, 0.717) is 0 Å². The summed E-state index contributed by atoms with van der Waals surface area (Å²) in [7, 11) is 0. The van der Waals surface area contributed by atoms with Crippen LogP contribution in [0, 0.1) is 6.07 Å². The van der Waals surface area contributed by atoms with E-state index in [2.05, 4.69) is 156 Å². The summed E-state index contributed by atoms with van der Waals surface area (Å²) in [5.74, 6) is 0. The van der Waals surface area contributed by atoms with Crippen LogP contribution >= 0.6 is 0 Å². The summed E-state index contributed by atoms with van der Waals surface area (Å²) in [6, 6.07) is 29.9. The summed E-state index contributed by atoms with van der Waals surface area (Å²) in [5.41, 5.74) is 16.5. The van der Waals surface area contributed by atoms with Crippen molar-refractivity contribution in [1.29, 1.82) is 0 Å². The van der Waals surface area contributed by atoms with Crippen LogP contribution in [-0.2, 0) is 54.3 Å². The molecule has 3 heteroatoms. The zero-order chi connectivity index (χ0) is 30.1. The molecule has 1 radical (unpaired) electrons. The van der Waals surface area contributed by atoms with Gasteiger partial charge in [0.05, 0.1) is 0 Å². The van der Waals surface area contributed by atoms with Crippen LogP contribution in [0.1, 0.15) is 116 Å². The SMILES string of the molecule is CC(C)(C)c1ccc(-c2[c-]c3c(cc2C(C)(C)C)-c2cc(C(C)(C)C)c(-c4ccc(C(C)(C)C)cc4)cc2C3)cc1.[Cl-].[Cl-].[Zr+3]. The van der Waals surface area contributed by atoms with Crippen molar-refractivity contribution in [1.82, 2.24) is 0 Å². The molecule has 0 saturated heterocycles. The Morgan fingerprint density at radius 3 is 1.34 bits per heavy atom. The third-order valence-corrected chi connectivity index (χ3v) is 8.78. The molecule has 0 atom stereocenters. The minimum atomic E-state index is 0. The molecular formula is C41H49Cl2Zr. The molecule has 0 bridgehead atoms. The number of hydrogen-bond donors (Lipinski definition) is 0. The minimum absolute atomic E-state index is 0. The predicted octanol–water partition coefficient (Wildman–Crippen LogP) is 5.59. The second kappa shape index (κ2) is 13.2. The third kappa shape index (κ3) is 7.65. The summed E-state index contributed by atoms with van der Waals surface area (Å²) < 4.78 is 0. The fraction of sp³-hybridized carbons (Fsp3) is 0.415. The first kappa shape index (κ1) is 38.5. The summed E-state index contributed by atoms with van der Waals surface area (Å²) >= 11 is 0. The van der Waals surface area contributed by atoms with E-state index in [-0.39, 0.29) is 72.7 Å². The predicted molar refractivity (Wildman–Crippen MR) is 179 cm³/mol. The number of benzene rings is 4. The van der Waals surface area contributed by atoms with Crippen LogP contribution in [0.5, 0.6) is 0 Å². The summed E-state index contributed by atoms with van der Waals surface area (Å²) in [6.45, 7) is 27.7. The van der Waals surface area contributed by atoms with Crippen LogP contribution in [0.25, 0.3) is 33.4 Å². The van der Waals surface area contributed by atoms with Crippen molar-refractivity contribution in [3.05, 3.63) is 106 Å². The van der Waals surface area contributed by atoms with E-state index in [1.165, 1.54) is 66.8 Å². The van der Waals surface area contributed by atoms with Crippen LogP contribution in [0.2, 0.25) is 0 Å². The van der Waals surface area contributed by atoms with Gasteiger partial charge < -0.3 is 24.8 Å². The van der Waals surface area contributed by atoms with Gasteiger partial charge in [-0.25, -0.2) is 0 Å². The maximum absolute atomic E-state index is 3.96. The van der Waals surface area contributed by atoms with E-state index in [9.17, 15) is 0 Å². The molecular weight excluding hydrogens is 655 g/mol. The van der Waals surface area contributed by atoms with Crippen LogP contribution in [0.4, 0.5) is 0 Å².